The first-order chi connectivity index (χ1) is 12.1. The first kappa shape index (κ1) is 18.7. The summed E-state index contributed by atoms with van der Waals surface area (Å²) in [6.45, 7) is 2.42. The van der Waals surface area contributed by atoms with Crippen molar-refractivity contribution in [2.24, 2.45) is 11.7 Å². The molecule has 0 spiro atoms. The SMILES string of the molecule is CC(CN)C(=O)NC(Cc1ccccc1)C(=O)NCc1ccccc1. The minimum Gasteiger partial charge on any atom is -0.350 e. The third-order valence-electron chi connectivity index (χ3n) is 4.03. The van der Waals surface area contributed by atoms with Crippen molar-refractivity contribution in [3.8, 4) is 0 Å². The molecule has 0 fully saturated rings. The highest BCUT2D eigenvalue weighted by atomic mass is 16.2. The summed E-state index contributed by atoms with van der Waals surface area (Å²) in [5, 5.41) is 5.72. The van der Waals surface area contributed by atoms with Gasteiger partial charge in [0.15, 0.2) is 0 Å². The minimum absolute atomic E-state index is 0.203. The molecule has 132 valence electrons. The van der Waals surface area contributed by atoms with Crippen LogP contribution < -0.4 is 16.4 Å². The maximum absolute atomic E-state index is 12.6. The number of rotatable bonds is 8. The Hall–Kier alpha value is -2.66. The molecule has 0 aliphatic carbocycles. The predicted molar refractivity (Wildman–Crippen MR) is 98.6 cm³/mol. The van der Waals surface area contributed by atoms with Crippen LogP contribution in [0.15, 0.2) is 60.7 Å². The molecule has 5 heteroatoms. The van der Waals surface area contributed by atoms with E-state index in [0.29, 0.717) is 13.0 Å². The largest absolute Gasteiger partial charge is 0.350 e. The van der Waals surface area contributed by atoms with E-state index < -0.39 is 6.04 Å². The molecule has 4 N–H and O–H groups in total. The van der Waals surface area contributed by atoms with E-state index in [1.165, 1.54) is 0 Å². The topological polar surface area (TPSA) is 84.2 Å². The van der Waals surface area contributed by atoms with Gasteiger partial charge in [-0.1, -0.05) is 67.6 Å². The molecular formula is C20H25N3O2. The number of benzene rings is 2. The zero-order valence-corrected chi connectivity index (χ0v) is 14.4. The Balaban J connectivity index is 2.03. The predicted octanol–water partition coefficient (Wildman–Crippen LogP) is 1.63. The van der Waals surface area contributed by atoms with Gasteiger partial charge in [0.2, 0.25) is 11.8 Å². The zero-order chi connectivity index (χ0) is 18.1. The normalized spacial score (nSPS) is 12.9. The molecule has 2 atom stereocenters. The number of nitrogens with one attached hydrogen (secondary N) is 2. The van der Waals surface area contributed by atoms with Crippen molar-refractivity contribution in [1.82, 2.24) is 10.6 Å². The molecule has 0 aromatic heterocycles. The van der Waals surface area contributed by atoms with Crippen molar-refractivity contribution in [3.05, 3.63) is 71.8 Å². The maximum Gasteiger partial charge on any atom is 0.243 e. The second kappa shape index (κ2) is 9.59. The molecule has 2 amide bonds. The van der Waals surface area contributed by atoms with Crippen LogP contribution in [0.2, 0.25) is 0 Å². The van der Waals surface area contributed by atoms with Gasteiger partial charge < -0.3 is 16.4 Å². The first-order valence-corrected chi connectivity index (χ1v) is 8.46. The summed E-state index contributed by atoms with van der Waals surface area (Å²) >= 11 is 0. The molecular weight excluding hydrogens is 314 g/mol. The fourth-order valence-corrected chi connectivity index (χ4v) is 2.39. The zero-order valence-electron chi connectivity index (χ0n) is 14.4. The minimum atomic E-state index is -0.632. The molecule has 0 bridgehead atoms. The van der Waals surface area contributed by atoms with Crippen LogP contribution in [0.25, 0.3) is 0 Å². The summed E-state index contributed by atoms with van der Waals surface area (Å²) in [6.07, 6.45) is 0.435. The van der Waals surface area contributed by atoms with Crippen molar-refractivity contribution >= 4 is 11.8 Å². The highest BCUT2D eigenvalue weighted by Gasteiger charge is 2.23. The van der Waals surface area contributed by atoms with Gasteiger partial charge in [0.05, 0.1) is 0 Å². The summed E-state index contributed by atoms with van der Waals surface area (Å²) in [5.74, 6) is -0.747. The summed E-state index contributed by atoms with van der Waals surface area (Å²) in [5.41, 5.74) is 7.55. The Bertz CT molecular complexity index is 674. The quantitative estimate of drug-likeness (QED) is 0.683. The number of hydrogen-bond acceptors (Lipinski definition) is 3. The van der Waals surface area contributed by atoms with Crippen molar-refractivity contribution in [2.45, 2.75) is 25.9 Å². The molecule has 2 aromatic rings. The van der Waals surface area contributed by atoms with Gasteiger partial charge in [-0.15, -0.1) is 0 Å². The van der Waals surface area contributed by atoms with Gasteiger partial charge in [-0.2, -0.15) is 0 Å². The molecule has 25 heavy (non-hydrogen) atoms. The summed E-state index contributed by atoms with van der Waals surface area (Å²) in [7, 11) is 0. The molecule has 0 aliphatic heterocycles. The molecule has 2 aromatic carbocycles. The van der Waals surface area contributed by atoms with E-state index in [9.17, 15) is 9.59 Å². The van der Waals surface area contributed by atoms with Crippen molar-refractivity contribution < 1.29 is 9.59 Å². The Morgan fingerprint density at radius 1 is 0.920 bits per heavy atom. The fourth-order valence-electron chi connectivity index (χ4n) is 2.39. The third kappa shape index (κ3) is 6.04. The van der Waals surface area contributed by atoms with Crippen LogP contribution in [0, 0.1) is 5.92 Å². The molecule has 0 radical (unpaired) electrons. The lowest BCUT2D eigenvalue weighted by molar-refractivity contribution is -0.130. The number of nitrogens with two attached hydrogens (primary N) is 1. The summed E-state index contributed by atoms with van der Waals surface area (Å²) in [6, 6.07) is 18.7. The van der Waals surface area contributed by atoms with Crippen molar-refractivity contribution in [2.75, 3.05) is 6.54 Å². The van der Waals surface area contributed by atoms with Crippen LogP contribution in [-0.2, 0) is 22.6 Å². The second-order valence-electron chi connectivity index (χ2n) is 6.09. The van der Waals surface area contributed by atoms with E-state index in [2.05, 4.69) is 10.6 Å². The smallest absolute Gasteiger partial charge is 0.243 e. The summed E-state index contributed by atoms with van der Waals surface area (Å²) in [4.78, 5) is 24.8. The molecule has 0 heterocycles. The lowest BCUT2D eigenvalue weighted by Gasteiger charge is -2.20. The van der Waals surface area contributed by atoms with Gasteiger partial charge in [0, 0.05) is 25.4 Å². The number of carbonyl (C=O) groups is 2. The highest BCUT2D eigenvalue weighted by Crippen LogP contribution is 2.06. The van der Waals surface area contributed by atoms with E-state index >= 15 is 0 Å². The Morgan fingerprint density at radius 3 is 2.04 bits per heavy atom. The Morgan fingerprint density at radius 2 is 1.48 bits per heavy atom. The van der Waals surface area contributed by atoms with Crippen LogP contribution in [0.3, 0.4) is 0 Å². The average Bonchev–Trinajstić information content (AvgIpc) is 2.66. The van der Waals surface area contributed by atoms with E-state index in [-0.39, 0.29) is 24.3 Å². The molecule has 0 aliphatic rings. The third-order valence-corrected chi connectivity index (χ3v) is 4.03. The lowest BCUT2D eigenvalue weighted by Crippen LogP contribution is -2.50. The first-order valence-electron chi connectivity index (χ1n) is 8.46. The fraction of sp³-hybridized carbons (Fsp3) is 0.300. The Kier molecular flexibility index (Phi) is 7.16. The van der Waals surface area contributed by atoms with Gasteiger partial charge in [-0.25, -0.2) is 0 Å². The summed E-state index contributed by atoms with van der Waals surface area (Å²) < 4.78 is 0. The molecule has 0 saturated carbocycles. The van der Waals surface area contributed by atoms with Crippen molar-refractivity contribution in [3.63, 3.8) is 0 Å². The van der Waals surface area contributed by atoms with E-state index in [0.717, 1.165) is 11.1 Å². The number of hydrogen-bond donors (Lipinski definition) is 3. The van der Waals surface area contributed by atoms with Gasteiger partial charge in [0.1, 0.15) is 6.04 Å². The molecule has 2 rings (SSSR count). The van der Waals surface area contributed by atoms with Crippen LogP contribution in [0.4, 0.5) is 0 Å². The van der Waals surface area contributed by atoms with Crippen LogP contribution in [0.1, 0.15) is 18.1 Å². The molecule has 5 nitrogen and oxygen atoms in total. The number of amides is 2. The van der Waals surface area contributed by atoms with E-state index in [1.54, 1.807) is 6.92 Å². The van der Waals surface area contributed by atoms with Gasteiger partial charge in [0.25, 0.3) is 0 Å². The van der Waals surface area contributed by atoms with Crippen LogP contribution >= 0.6 is 0 Å². The van der Waals surface area contributed by atoms with Crippen LogP contribution in [0.5, 0.6) is 0 Å². The van der Waals surface area contributed by atoms with E-state index in [4.69, 9.17) is 5.73 Å². The molecule has 2 unspecified atom stereocenters. The number of carbonyl (C=O) groups excluding carboxylic acids is 2. The maximum atomic E-state index is 12.6. The second-order valence-corrected chi connectivity index (χ2v) is 6.09. The van der Waals surface area contributed by atoms with Gasteiger partial charge in [-0.05, 0) is 11.1 Å². The van der Waals surface area contributed by atoms with E-state index in [1.807, 2.05) is 60.7 Å². The standard InChI is InChI=1S/C20H25N3O2/c1-15(13-21)19(24)23-18(12-16-8-4-2-5-9-16)20(25)22-14-17-10-6-3-7-11-17/h2-11,15,18H,12-14,21H2,1H3,(H,22,25)(H,23,24). The lowest BCUT2D eigenvalue weighted by atomic mass is 10.0. The van der Waals surface area contributed by atoms with Crippen molar-refractivity contribution in [1.29, 1.82) is 0 Å². The van der Waals surface area contributed by atoms with Gasteiger partial charge in [-0.3, -0.25) is 9.59 Å². The monoisotopic (exact) mass is 339 g/mol. The average molecular weight is 339 g/mol. The van der Waals surface area contributed by atoms with Crippen LogP contribution in [-0.4, -0.2) is 24.4 Å². The Labute approximate surface area is 148 Å². The molecule has 0 saturated heterocycles. The van der Waals surface area contributed by atoms with Gasteiger partial charge >= 0.3 is 0 Å². The highest BCUT2D eigenvalue weighted by molar-refractivity contribution is 5.88.